The summed E-state index contributed by atoms with van der Waals surface area (Å²) in [5.74, 6) is 0.530. The summed E-state index contributed by atoms with van der Waals surface area (Å²) in [5, 5.41) is 0. The molecule has 2 rings (SSSR count). The Morgan fingerprint density at radius 1 is 1.04 bits per heavy atom. The smallest absolute Gasteiger partial charge is 0.410 e. The number of carbonyl (C=O) groups is 2. The second-order valence-electron chi connectivity index (χ2n) is 6.69. The zero-order chi connectivity index (χ0) is 17.7. The standard InChI is InChI=1S/C18H26N2O4/c1-5-23-15-9-7-6-8-14(15)16(21)19-10-12-20(13-11-19)17(22)24-18(2,3)4/h6-9H,5,10-13H2,1-4H3. The molecule has 1 heterocycles. The third kappa shape index (κ3) is 4.63. The van der Waals surface area contributed by atoms with E-state index in [9.17, 15) is 9.59 Å². The summed E-state index contributed by atoms with van der Waals surface area (Å²) < 4.78 is 10.9. The van der Waals surface area contributed by atoms with E-state index in [1.54, 1.807) is 21.9 Å². The molecule has 1 aliphatic rings. The highest BCUT2D eigenvalue weighted by Crippen LogP contribution is 2.21. The molecule has 0 N–H and O–H groups in total. The average molecular weight is 334 g/mol. The van der Waals surface area contributed by atoms with Crippen LogP contribution in [0.5, 0.6) is 5.75 Å². The van der Waals surface area contributed by atoms with E-state index >= 15 is 0 Å². The molecule has 0 spiro atoms. The largest absolute Gasteiger partial charge is 0.493 e. The summed E-state index contributed by atoms with van der Waals surface area (Å²) in [6.45, 7) is 9.84. The molecular formula is C18H26N2O4. The van der Waals surface area contributed by atoms with Crippen molar-refractivity contribution in [2.24, 2.45) is 0 Å². The molecule has 1 aliphatic heterocycles. The van der Waals surface area contributed by atoms with Crippen LogP contribution in [0.25, 0.3) is 0 Å². The Morgan fingerprint density at radius 2 is 1.62 bits per heavy atom. The third-order valence-electron chi connectivity index (χ3n) is 3.64. The SMILES string of the molecule is CCOc1ccccc1C(=O)N1CCN(C(=O)OC(C)(C)C)CC1. The average Bonchev–Trinajstić information content (AvgIpc) is 2.54. The Kier molecular flexibility index (Phi) is 5.70. The predicted molar refractivity (Wildman–Crippen MR) is 91.3 cm³/mol. The molecule has 132 valence electrons. The molecule has 0 bridgehead atoms. The Morgan fingerprint density at radius 3 is 2.21 bits per heavy atom. The van der Waals surface area contributed by atoms with Crippen LogP contribution in [-0.2, 0) is 4.74 Å². The van der Waals surface area contributed by atoms with Gasteiger partial charge in [-0.2, -0.15) is 0 Å². The van der Waals surface area contributed by atoms with Crippen LogP contribution in [0.3, 0.4) is 0 Å². The minimum atomic E-state index is -0.513. The van der Waals surface area contributed by atoms with Crippen molar-refractivity contribution in [1.82, 2.24) is 9.80 Å². The molecule has 0 aromatic heterocycles. The summed E-state index contributed by atoms with van der Waals surface area (Å²) in [7, 11) is 0. The van der Waals surface area contributed by atoms with Gasteiger partial charge < -0.3 is 19.3 Å². The fraction of sp³-hybridized carbons (Fsp3) is 0.556. The second kappa shape index (κ2) is 7.55. The van der Waals surface area contributed by atoms with Gasteiger partial charge in [0.15, 0.2) is 0 Å². The van der Waals surface area contributed by atoms with E-state index in [1.807, 2.05) is 39.8 Å². The van der Waals surface area contributed by atoms with Crippen molar-refractivity contribution < 1.29 is 19.1 Å². The van der Waals surface area contributed by atoms with Gasteiger partial charge in [-0.3, -0.25) is 4.79 Å². The van der Waals surface area contributed by atoms with Crippen molar-refractivity contribution in [3.63, 3.8) is 0 Å². The molecule has 24 heavy (non-hydrogen) atoms. The second-order valence-corrected chi connectivity index (χ2v) is 6.69. The van der Waals surface area contributed by atoms with Crippen LogP contribution in [0.2, 0.25) is 0 Å². The molecule has 6 heteroatoms. The first kappa shape index (κ1) is 18.1. The lowest BCUT2D eigenvalue weighted by Gasteiger charge is -2.35. The van der Waals surface area contributed by atoms with Crippen LogP contribution in [-0.4, -0.2) is 60.2 Å². The van der Waals surface area contributed by atoms with E-state index in [0.29, 0.717) is 44.1 Å². The van der Waals surface area contributed by atoms with Gasteiger partial charge >= 0.3 is 6.09 Å². The maximum atomic E-state index is 12.7. The first-order chi connectivity index (χ1) is 11.3. The Hall–Kier alpha value is -2.24. The molecule has 1 aromatic carbocycles. The Bertz CT molecular complexity index is 587. The van der Waals surface area contributed by atoms with Crippen LogP contribution in [0.15, 0.2) is 24.3 Å². The fourth-order valence-electron chi connectivity index (χ4n) is 2.51. The van der Waals surface area contributed by atoms with Gasteiger partial charge in [0.25, 0.3) is 5.91 Å². The van der Waals surface area contributed by atoms with Crippen molar-refractivity contribution in [2.75, 3.05) is 32.8 Å². The van der Waals surface area contributed by atoms with Gasteiger partial charge in [-0.25, -0.2) is 4.79 Å². The van der Waals surface area contributed by atoms with Crippen LogP contribution in [0.4, 0.5) is 4.79 Å². The van der Waals surface area contributed by atoms with Crippen LogP contribution >= 0.6 is 0 Å². The van der Waals surface area contributed by atoms with Gasteiger partial charge in [0.1, 0.15) is 11.4 Å². The number of para-hydroxylation sites is 1. The lowest BCUT2D eigenvalue weighted by Crippen LogP contribution is -2.51. The molecule has 0 aliphatic carbocycles. The lowest BCUT2D eigenvalue weighted by molar-refractivity contribution is 0.0140. The molecule has 0 atom stereocenters. The zero-order valence-corrected chi connectivity index (χ0v) is 14.9. The number of carbonyl (C=O) groups excluding carboxylic acids is 2. The number of nitrogens with zero attached hydrogens (tertiary/aromatic N) is 2. The van der Waals surface area contributed by atoms with Crippen molar-refractivity contribution >= 4 is 12.0 Å². The molecular weight excluding hydrogens is 308 g/mol. The Balaban J connectivity index is 1.97. The Labute approximate surface area is 143 Å². The maximum Gasteiger partial charge on any atom is 0.410 e. The third-order valence-corrected chi connectivity index (χ3v) is 3.64. The highest BCUT2D eigenvalue weighted by Gasteiger charge is 2.28. The number of hydrogen-bond acceptors (Lipinski definition) is 4. The first-order valence-corrected chi connectivity index (χ1v) is 8.31. The highest BCUT2D eigenvalue weighted by atomic mass is 16.6. The summed E-state index contributed by atoms with van der Waals surface area (Å²) in [6.07, 6.45) is -0.329. The molecule has 0 saturated carbocycles. The summed E-state index contributed by atoms with van der Waals surface area (Å²) in [6, 6.07) is 7.25. The molecule has 0 unspecified atom stereocenters. The molecule has 1 aromatic rings. The molecule has 1 fully saturated rings. The fourth-order valence-corrected chi connectivity index (χ4v) is 2.51. The van der Waals surface area contributed by atoms with Gasteiger partial charge in [-0.15, -0.1) is 0 Å². The summed E-state index contributed by atoms with van der Waals surface area (Å²) in [4.78, 5) is 28.2. The van der Waals surface area contributed by atoms with Gasteiger partial charge in [-0.05, 0) is 39.8 Å². The minimum Gasteiger partial charge on any atom is -0.493 e. The van der Waals surface area contributed by atoms with Gasteiger partial charge in [0.2, 0.25) is 0 Å². The molecule has 0 radical (unpaired) electrons. The number of hydrogen-bond donors (Lipinski definition) is 0. The monoisotopic (exact) mass is 334 g/mol. The van der Waals surface area contributed by atoms with E-state index in [4.69, 9.17) is 9.47 Å². The van der Waals surface area contributed by atoms with Crippen molar-refractivity contribution in [3.8, 4) is 5.75 Å². The lowest BCUT2D eigenvalue weighted by atomic mass is 10.1. The van der Waals surface area contributed by atoms with Crippen LogP contribution < -0.4 is 4.74 Å². The number of ether oxygens (including phenoxy) is 2. The first-order valence-electron chi connectivity index (χ1n) is 8.31. The maximum absolute atomic E-state index is 12.7. The van der Waals surface area contributed by atoms with Crippen molar-refractivity contribution in [2.45, 2.75) is 33.3 Å². The minimum absolute atomic E-state index is 0.0668. The zero-order valence-electron chi connectivity index (χ0n) is 14.9. The number of piperazine rings is 1. The van der Waals surface area contributed by atoms with Crippen LogP contribution in [0.1, 0.15) is 38.1 Å². The molecule has 6 nitrogen and oxygen atoms in total. The van der Waals surface area contributed by atoms with Gasteiger partial charge in [0, 0.05) is 26.2 Å². The van der Waals surface area contributed by atoms with Gasteiger partial charge in [0.05, 0.1) is 12.2 Å². The summed E-state index contributed by atoms with van der Waals surface area (Å²) >= 11 is 0. The van der Waals surface area contributed by atoms with Crippen molar-refractivity contribution in [3.05, 3.63) is 29.8 Å². The normalized spacial score (nSPS) is 15.2. The topological polar surface area (TPSA) is 59.1 Å². The molecule has 1 saturated heterocycles. The number of rotatable bonds is 3. The van der Waals surface area contributed by atoms with Gasteiger partial charge in [-0.1, -0.05) is 12.1 Å². The van der Waals surface area contributed by atoms with E-state index in [1.165, 1.54) is 0 Å². The van der Waals surface area contributed by atoms with Crippen LogP contribution in [0, 0.1) is 0 Å². The number of amides is 2. The summed E-state index contributed by atoms with van der Waals surface area (Å²) in [5.41, 5.74) is 0.0468. The predicted octanol–water partition coefficient (Wildman–Crippen LogP) is 2.78. The number of benzene rings is 1. The van der Waals surface area contributed by atoms with E-state index < -0.39 is 5.60 Å². The molecule has 2 amide bonds. The van der Waals surface area contributed by atoms with E-state index in [0.717, 1.165) is 0 Å². The van der Waals surface area contributed by atoms with E-state index in [-0.39, 0.29) is 12.0 Å². The highest BCUT2D eigenvalue weighted by molar-refractivity contribution is 5.97. The quantitative estimate of drug-likeness (QED) is 0.853. The van der Waals surface area contributed by atoms with E-state index in [2.05, 4.69) is 0 Å². The van der Waals surface area contributed by atoms with Crippen molar-refractivity contribution in [1.29, 1.82) is 0 Å².